The molecule has 3 N–H and O–H groups in total. The van der Waals surface area contributed by atoms with Gasteiger partial charge in [-0.05, 0) is 37.0 Å². The summed E-state index contributed by atoms with van der Waals surface area (Å²) in [6.07, 6.45) is 8.03. The summed E-state index contributed by atoms with van der Waals surface area (Å²) in [5.74, 6) is 1.31. The van der Waals surface area contributed by atoms with E-state index in [1.54, 1.807) is 0 Å². The van der Waals surface area contributed by atoms with Gasteiger partial charge in [0.15, 0.2) is 5.96 Å². The predicted molar refractivity (Wildman–Crippen MR) is 104 cm³/mol. The molecule has 4 heteroatoms. The molecule has 1 aliphatic rings. The Hall–Kier alpha value is -1.97. The molecule has 0 bridgehead atoms. The first-order chi connectivity index (χ1) is 11.5. The number of guanidine groups is 1. The van der Waals surface area contributed by atoms with Crippen LogP contribution >= 0.6 is 0 Å². The number of nitrogens with zero attached hydrogens (tertiary/aromatic N) is 2. The maximum atomic E-state index is 6.03. The first kappa shape index (κ1) is 18.4. The number of aliphatic imine (C=N–C) groups is 1. The van der Waals surface area contributed by atoms with Crippen LogP contribution in [-0.2, 0) is 6.54 Å². The predicted octanol–water partition coefficient (Wildman–Crippen LogP) is 3.68. The van der Waals surface area contributed by atoms with Crippen molar-refractivity contribution in [2.45, 2.75) is 52.6 Å². The maximum absolute atomic E-state index is 6.03. The average Bonchev–Trinajstić information content (AvgIpc) is 3.07. The third-order valence-corrected chi connectivity index (χ3v) is 4.34. The van der Waals surface area contributed by atoms with Crippen LogP contribution in [0.4, 0.5) is 5.69 Å². The maximum Gasteiger partial charge on any atom is 0.189 e. The molecule has 2 rings (SSSR count). The largest absolute Gasteiger partial charge is 0.370 e. The lowest BCUT2D eigenvalue weighted by atomic mass is 10.0. The van der Waals surface area contributed by atoms with E-state index in [4.69, 9.17) is 5.73 Å². The zero-order chi connectivity index (χ0) is 17.4. The highest BCUT2D eigenvalue weighted by Gasteiger charge is 2.08. The van der Waals surface area contributed by atoms with Crippen LogP contribution in [0.5, 0.6) is 0 Å². The van der Waals surface area contributed by atoms with E-state index in [1.165, 1.54) is 24.1 Å². The normalized spacial score (nSPS) is 16.0. The molecular weight excluding hydrogens is 296 g/mol. The minimum atomic E-state index is 0.370. The Morgan fingerprint density at radius 1 is 1.21 bits per heavy atom. The van der Waals surface area contributed by atoms with E-state index in [0.29, 0.717) is 18.5 Å². The number of rotatable bonds is 8. The van der Waals surface area contributed by atoms with E-state index >= 15 is 0 Å². The Balaban J connectivity index is 1.80. The SMILES string of the molecule is CC(C)CCCC(C)NC(N)=NCc1cccc(N2CC=CC2)c1. The van der Waals surface area contributed by atoms with Crippen LogP contribution in [0.15, 0.2) is 41.4 Å². The fourth-order valence-corrected chi connectivity index (χ4v) is 2.92. The van der Waals surface area contributed by atoms with Crippen LogP contribution in [-0.4, -0.2) is 25.1 Å². The van der Waals surface area contributed by atoms with Gasteiger partial charge in [-0.15, -0.1) is 0 Å². The third-order valence-electron chi connectivity index (χ3n) is 4.34. The van der Waals surface area contributed by atoms with Gasteiger partial charge < -0.3 is 16.0 Å². The number of hydrogen-bond donors (Lipinski definition) is 2. The van der Waals surface area contributed by atoms with Crippen LogP contribution in [0.1, 0.15) is 45.6 Å². The number of benzene rings is 1. The molecule has 1 aromatic rings. The van der Waals surface area contributed by atoms with Crippen molar-refractivity contribution in [1.82, 2.24) is 5.32 Å². The Kier molecular flexibility index (Phi) is 7.16. The highest BCUT2D eigenvalue weighted by atomic mass is 15.1. The summed E-state index contributed by atoms with van der Waals surface area (Å²) >= 11 is 0. The van der Waals surface area contributed by atoms with Gasteiger partial charge in [0.25, 0.3) is 0 Å². The zero-order valence-electron chi connectivity index (χ0n) is 15.3. The monoisotopic (exact) mass is 328 g/mol. The number of anilines is 1. The molecule has 24 heavy (non-hydrogen) atoms. The molecule has 0 amide bonds. The van der Waals surface area contributed by atoms with Crippen LogP contribution in [0.3, 0.4) is 0 Å². The van der Waals surface area contributed by atoms with Gasteiger partial charge in [0.05, 0.1) is 6.54 Å². The Morgan fingerprint density at radius 2 is 1.96 bits per heavy atom. The van der Waals surface area contributed by atoms with Crippen molar-refractivity contribution in [2.75, 3.05) is 18.0 Å². The van der Waals surface area contributed by atoms with E-state index < -0.39 is 0 Å². The van der Waals surface area contributed by atoms with E-state index in [-0.39, 0.29) is 0 Å². The lowest BCUT2D eigenvalue weighted by molar-refractivity contribution is 0.493. The van der Waals surface area contributed by atoms with Gasteiger partial charge in [-0.1, -0.05) is 51.0 Å². The molecule has 4 nitrogen and oxygen atoms in total. The number of nitrogens with one attached hydrogen (secondary N) is 1. The first-order valence-corrected chi connectivity index (χ1v) is 9.10. The van der Waals surface area contributed by atoms with Crippen LogP contribution in [0.25, 0.3) is 0 Å². The van der Waals surface area contributed by atoms with Crippen molar-refractivity contribution < 1.29 is 0 Å². The van der Waals surface area contributed by atoms with E-state index in [1.807, 2.05) is 0 Å². The smallest absolute Gasteiger partial charge is 0.189 e. The summed E-state index contributed by atoms with van der Waals surface area (Å²) in [6, 6.07) is 8.93. The van der Waals surface area contributed by atoms with Crippen molar-refractivity contribution in [1.29, 1.82) is 0 Å². The quantitative estimate of drug-likeness (QED) is 0.435. The summed E-state index contributed by atoms with van der Waals surface area (Å²) < 4.78 is 0. The molecule has 1 aromatic carbocycles. The van der Waals surface area contributed by atoms with Crippen molar-refractivity contribution in [3.05, 3.63) is 42.0 Å². The third kappa shape index (κ3) is 6.26. The summed E-state index contributed by atoms with van der Waals surface area (Å²) in [7, 11) is 0. The second-order valence-corrected chi connectivity index (χ2v) is 7.12. The van der Waals surface area contributed by atoms with Crippen LogP contribution in [0.2, 0.25) is 0 Å². The fourth-order valence-electron chi connectivity index (χ4n) is 2.92. The van der Waals surface area contributed by atoms with Crippen molar-refractivity contribution in [3.8, 4) is 0 Å². The summed E-state index contributed by atoms with van der Waals surface area (Å²) in [6.45, 7) is 9.30. The van der Waals surface area contributed by atoms with Crippen LogP contribution in [0, 0.1) is 5.92 Å². The highest BCUT2D eigenvalue weighted by Crippen LogP contribution is 2.18. The molecule has 0 radical (unpaired) electrons. The standard InChI is InChI=1S/C20H32N4/c1-16(2)8-6-9-17(3)23-20(21)22-15-18-10-7-11-19(14-18)24-12-4-5-13-24/h4-5,7,10-11,14,16-17H,6,8-9,12-13,15H2,1-3H3,(H3,21,22,23). The van der Waals surface area contributed by atoms with E-state index in [9.17, 15) is 0 Å². The molecule has 0 saturated heterocycles. The summed E-state index contributed by atoms with van der Waals surface area (Å²) in [4.78, 5) is 6.83. The molecule has 1 unspecified atom stereocenters. The van der Waals surface area contributed by atoms with Crippen molar-refractivity contribution >= 4 is 11.6 Å². The molecule has 1 heterocycles. The van der Waals surface area contributed by atoms with Gasteiger partial charge in [0.2, 0.25) is 0 Å². The molecule has 0 spiro atoms. The Bertz CT molecular complexity index is 555. The lowest BCUT2D eigenvalue weighted by Gasteiger charge is -2.18. The van der Waals surface area contributed by atoms with Crippen LogP contribution < -0.4 is 16.0 Å². The van der Waals surface area contributed by atoms with Crippen molar-refractivity contribution in [3.63, 3.8) is 0 Å². The highest BCUT2D eigenvalue weighted by molar-refractivity contribution is 5.78. The molecule has 132 valence electrons. The number of hydrogen-bond acceptors (Lipinski definition) is 2. The van der Waals surface area contributed by atoms with E-state index in [0.717, 1.165) is 25.4 Å². The summed E-state index contributed by atoms with van der Waals surface area (Å²) in [5, 5.41) is 3.30. The Labute approximate surface area is 146 Å². The molecular formula is C20H32N4. The average molecular weight is 329 g/mol. The van der Waals surface area contributed by atoms with Gasteiger partial charge in [0, 0.05) is 24.8 Å². The summed E-state index contributed by atoms with van der Waals surface area (Å²) in [5.41, 5.74) is 8.48. The first-order valence-electron chi connectivity index (χ1n) is 9.10. The molecule has 0 aromatic heterocycles. The zero-order valence-corrected chi connectivity index (χ0v) is 15.3. The second-order valence-electron chi connectivity index (χ2n) is 7.12. The molecule has 0 aliphatic carbocycles. The van der Waals surface area contributed by atoms with E-state index in [2.05, 4.69) is 72.4 Å². The lowest BCUT2D eigenvalue weighted by Crippen LogP contribution is -2.38. The minimum absolute atomic E-state index is 0.370. The van der Waals surface area contributed by atoms with Gasteiger partial charge in [-0.3, -0.25) is 0 Å². The second kappa shape index (κ2) is 9.36. The minimum Gasteiger partial charge on any atom is -0.370 e. The molecule has 1 aliphatic heterocycles. The molecule has 1 atom stereocenters. The van der Waals surface area contributed by atoms with Gasteiger partial charge in [-0.25, -0.2) is 4.99 Å². The van der Waals surface area contributed by atoms with Gasteiger partial charge >= 0.3 is 0 Å². The topological polar surface area (TPSA) is 53.6 Å². The van der Waals surface area contributed by atoms with Gasteiger partial charge in [-0.2, -0.15) is 0 Å². The molecule has 0 saturated carbocycles. The number of nitrogens with two attached hydrogens (primary N) is 1. The van der Waals surface area contributed by atoms with Crippen molar-refractivity contribution in [2.24, 2.45) is 16.6 Å². The fraction of sp³-hybridized carbons (Fsp3) is 0.550. The Morgan fingerprint density at radius 3 is 2.67 bits per heavy atom. The van der Waals surface area contributed by atoms with Gasteiger partial charge in [0.1, 0.15) is 0 Å². The molecule has 0 fully saturated rings.